The van der Waals surface area contributed by atoms with Crippen LogP contribution in [0.4, 0.5) is 10.1 Å². The number of anilines is 1. The average molecular weight is 369 g/mol. The SMILES string of the molecule is COc1cc(C)ccc1Oc1ccc(NC(=O)C(C)(C)N)cc1F.Cl. The van der Waals surface area contributed by atoms with E-state index in [1.165, 1.54) is 19.2 Å². The second-order valence-electron chi connectivity index (χ2n) is 6.08. The summed E-state index contributed by atoms with van der Waals surface area (Å²) < 4.78 is 25.1. The van der Waals surface area contributed by atoms with Gasteiger partial charge in [-0.15, -0.1) is 12.4 Å². The van der Waals surface area contributed by atoms with Crippen molar-refractivity contribution in [3.63, 3.8) is 0 Å². The van der Waals surface area contributed by atoms with Gasteiger partial charge in [0.05, 0.1) is 12.6 Å². The van der Waals surface area contributed by atoms with Crippen LogP contribution >= 0.6 is 12.4 Å². The second kappa shape index (κ2) is 8.18. The van der Waals surface area contributed by atoms with E-state index < -0.39 is 17.3 Å². The maximum absolute atomic E-state index is 14.2. The normalized spacial score (nSPS) is 10.6. The Labute approximate surface area is 152 Å². The molecule has 5 nitrogen and oxygen atoms in total. The summed E-state index contributed by atoms with van der Waals surface area (Å²) in [5.74, 6) is -0.0678. The summed E-state index contributed by atoms with van der Waals surface area (Å²) in [4.78, 5) is 11.8. The predicted molar refractivity (Wildman–Crippen MR) is 98.3 cm³/mol. The van der Waals surface area contributed by atoms with Crippen LogP contribution in [0.15, 0.2) is 36.4 Å². The van der Waals surface area contributed by atoms with Crippen LogP contribution in [0.25, 0.3) is 0 Å². The first-order valence-corrected chi connectivity index (χ1v) is 7.43. The molecule has 0 radical (unpaired) electrons. The number of nitrogens with two attached hydrogens (primary N) is 1. The third-order valence-corrected chi connectivity index (χ3v) is 3.31. The second-order valence-corrected chi connectivity index (χ2v) is 6.08. The molecule has 0 spiro atoms. The van der Waals surface area contributed by atoms with Crippen molar-refractivity contribution in [2.45, 2.75) is 26.3 Å². The monoisotopic (exact) mass is 368 g/mol. The van der Waals surface area contributed by atoms with Crippen molar-refractivity contribution in [3.8, 4) is 17.2 Å². The minimum Gasteiger partial charge on any atom is -0.493 e. The van der Waals surface area contributed by atoms with Gasteiger partial charge in [0.15, 0.2) is 23.1 Å². The maximum atomic E-state index is 14.2. The Morgan fingerprint density at radius 2 is 1.76 bits per heavy atom. The van der Waals surface area contributed by atoms with Gasteiger partial charge in [-0.25, -0.2) is 4.39 Å². The lowest BCUT2D eigenvalue weighted by Crippen LogP contribution is -2.45. The zero-order valence-electron chi connectivity index (χ0n) is 14.6. The van der Waals surface area contributed by atoms with E-state index in [1.807, 2.05) is 13.0 Å². The van der Waals surface area contributed by atoms with E-state index in [4.69, 9.17) is 15.2 Å². The van der Waals surface area contributed by atoms with E-state index in [2.05, 4.69) is 5.32 Å². The standard InChI is InChI=1S/C18H21FN2O3.ClH/c1-11-5-7-15(16(9-11)23-4)24-14-8-6-12(10-13(14)19)21-17(22)18(2,3)20;/h5-10H,20H2,1-4H3,(H,21,22);1H. The van der Waals surface area contributed by atoms with Crippen molar-refractivity contribution < 1.29 is 18.7 Å². The molecule has 0 aliphatic carbocycles. The number of methoxy groups -OCH3 is 1. The molecule has 3 N–H and O–H groups in total. The number of benzene rings is 2. The molecule has 0 unspecified atom stereocenters. The van der Waals surface area contributed by atoms with Gasteiger partial charge in [-0.2, -0.15) is 0 Å². The molecular formula is C18H22ClFN2O3. The Bertz CT molecular complexity index is 760. The van der Waals surface area contributed by atoms with Gasteiger partial charge in [-0.05, 0) is 50.6 Å². The molecule has 2 rings (SSSR count). The number of carbonyl (C=O) groups excluding carboxylic acids is 1. The summed E-state index contributed by atoms with van der Waals surface area (Å²) in [5, 5.41) is 2.56. The number of nitrogens with one attached hydrogen (secondary N) is 1. The van der Waals surface area contributed by atoms with E-state index in [0.717, 1.165) is 5.56 Å². The van der Waals surface area contributed by atoms with Crippen LogP contribution in [0.2, 0.25) is 0 Å². The predicted octanol–water partition coefficient (Wildman–Crippen LogP) is 4.03. The fraction of sp³-hybridized carbons (Fsp3) is 0.278. The van der Waals surface area contributed by atoms with Crippen molar-refractivity contribution in [3.05, 3.63) is 47.8 Å². The van der Waals surface area contributed by atoms with Crippen molar-refractivity contribution >= 4 is 24.0 Å². The zero-order chi connectivity index (χ0) is 17.9. The summed E-state index contributed by atoms with van der Waals surface area (Å²) >= 11 is 0. The van der Waals surface area contributed by atoms with E-state index in [0.29, 0.717) is 17.2 Å². The van der Waals surface area contributed by atoms with E-state index in [-0.39, 0.29) is 18.2 Å². The average Bonchev–Trinajstić information content (AvgIpc) is 2.50. The summed E-state index contributed by atoms with van der Waals surface area (Å²) in [6.45, 7) is 5.06. The van der Waals surface area contributed by atoms with Crippen LogP contribution in [0.3, 0.4) is 0 Å². The number of hydrogen-bond acceptors (Lipinski definition) is 4. The van der Waals surface area contributed by atoms with Gasteiger partial charge in [0.2, 0.25) is 5.91 Å². The Morgan fingerprint density at radius 3 is 2.32 bits per heavy atom. The first-order valence-electron chi connectivity index (χ1n) is 7.43. The lowest BCUT2D eigenvalue weighted by molar-refractivity contribution is -0.120. The Kier molecular flexibility index (Phi) is 6.78. The number of ether oxygens (including phenoxy) is 2. The van der Waals surface area contributed by atoms with Crippen LogP contribution < -0.4 is 20.5 Å². The van der Waals surface area contributed by atoms with Gasteiger partial charge in [-0.1, -0.05) is 6.07 Å². The fourth-order valence-electron chi connectivity index (χ4n) is 1.93. The number of amides is 1. The molecule has 0 saturated heterocycles. The van der Waals surface area contributed by atoms with Crippen molar-refractivity contribution in [2.24, 2.45) is 5.73 Å². The molecule has 25 heavy (non-hydrogen) atoms. The lowest BCUT2D eigenvalue weighted by Gasteiger charge is -2.18. The molecule has 0 atom stereocenters. The molecule has 0 heterocycles. The van der Waals surface area contributed by atoms with E-state index >= 15 is 0 Å². The van der Waals surface area contributed by atoms with Gasteiger partial charge >= 0.3 is 0 Å². The van der Waals surface area contributed by atoms with Crippen molar-refractivity contribution in [1.29, 1.82) is 0 Å². The number of carbonyl (C=O) groups is 1. The summed E-state index contributed by atoms with van der Waals surface area (Å²) in [7, 11) is 1.52. The summed E-state index contributed by atoms with van der Waals surface area (Å²) in [6.07, 6.45) is 0. The van der Waals surface area contributed by atoms with Crippen molar-refractivity contribution in [2.75, 3.05) is 12.4 Å². The molecule has 136 valence electrons. The molecule has 0 saturated carbocycles. The highest BCUT2D eigenvalue weighted by atomic mass is 35.5. The van der Waals surface area contributed by atoms with Crippen LogP contribution in [-0.4, -0.2) is 18.6 Å². The Balaban J connectivity index is 0.00000312. The third kappa shape index (κ3) is 5.34. The molecule has 2 aromatic rings. The first-order chi connectivity index (χ1) is 11.2. The van der Waals surface area contributed by atoms with Gasteiger partial charge < -0.3 is 20.5 Å². The van der Waals surface area contributed by atoms with Crippen LogP contribution in [0.5, 0.6) is 17.2 Å². The summed E-state index contributed by atoms with van der Waals surface area (Å²) in [5.41, 5.74) is 5.95. The molecule has 7 heteroatoms. The first kappa shape index (κ1) is 20.7. The molecule has 0 aromatic heterocycles. The van der Waals surface area contributed by atoms with Gasteiger partial charge in [-0.3, -0.25) is 4.79 Å². The number of hydrogen-bond donors (Lipinski definition) is 2. The zero-order valence-corrected chi connectivity index (χ0v) is 15.4. The quantitative estimate of drug-likeness (QED) is 0.835. The Morgan fingerprint density at radius 1 is 1.12 bits per heavy atom. The molecule has 0 aliphatic heterocycles. The van der Waals surface area contributed by atoms with Crippen molar-refractivity contribution in [1.82, 2.24) is 0 Å². The van der Waals surface area contributed by atoms with Crippen LogP contribution in [-0.2, 0) is 4.79 Å². The number of halogens is 2. The molecular weight excluding hydrogens is 347 g/mol. The number of rotatable bonds is 5. The fourth-order valence-corrected chi connectivity index (χ4v) is 1.93. The highest BCUT2D eigenvalue weighted by Crippen LogP contribution is 2.34. The molecule has 0 bridgehead atoms. The lowest BCUT2D eigenvalue weighted by atomic mass is 10.1. The molecule has 0 aliphatic rings. The number of aryl methyl sites for hydroxylation is 1. The maximum Gasteiger partial charge on any atom is 0.243 e. The molecule has 1 amide bonds. The molecule has 2 aromatic carbocycles. The van der Waals surface area contributed by atoms with E-state index in [1.54, 1.807) is 32.0 Å². The minimum atomic E-state index is -1.05. The molecule has 0 fully saturated rings. The van der Waals surface area contributed by atoms with Gasteiger partial charge in [0.25, 0.3) is 0 Å². The van der Waals surface area contributed by atoms with Gasteiger partial charge in [0, 0.05) is 11.8 Å². The van der Waals surface area contributed by atoms with Crippen LogP contribution in [0, 0.1) is 12.7 Å². The minimum absolute atomic E-state index is 0. The smallest absolute Gasteiger partial charge is 0.243 e. The largest absolute Gasteiger partial charge is 0.493 e. The third-order valence-electron chi connectivity index (χ3n) is 3.31. The highest BCUT2D eigenvalue weighted by molar-refractivity contribution is 5.97. The summed E-state index contributed by atoms with van der Waals surface area (Å²) in [6, 6.07) is 9.51. The highest BCUT2D eigenvalue weighted by Gasteiger charge is 2.22. The Hall–Kier alpha value is -2.31. The van der Waals surface area contributed by atoms with Crippen LogP contribution in [0.1, 0.15) is 19.4 Å². The van der Waals surface area contributed by atoms with E-state index in [9.17, 15) is 9.18 Å². The van der Waals surface area contributed by atoms with Gasteiger partial charge in [0.1, 0.15) is 0 Å². The topological polar surface area (TPSA) is 73.6 Å².